The summed E-state index contributed by atoms with van der Waals surface area (Å²) in [5, 5.41) is 4.80. The van der Waals surface area contributed by atoms with Gasteiger partial charge in [0.25, 0.3) is 11.5 Å². The number of imidazole rings is 1. The molecule has 0 spiro atoms. The molecule has 3 aromatic heterocycles. The fraction of sp³-hybridized carbons (Fsp3) is 0.235. The zero-order chi connectivity index (χ0) is 17.1. The molecule has 24 heavy (non-hydrogen) atoms. The summed E-state index contributed by atoms with van der Waals surface area (Å²) < 4.78 is 3.35. The Morgan fingerprint density at radius 2 is 2.08 bits per heavy atom. The predicted molar refractivity (Wildman–Crippen MR) is 94.2 cm³/mol. The largest absolute Gasteiger partial charge is 0.351 e. The second-order valence-corrected chi connectivity index (χ2v) is 6.42. The number of amides is 1. The first-order valence-electron chi connectivity index (χ1n) is 7.56. The van der Waals surface area contributed by atoms with Gasteiger partial charge in [-0.15, -0.1) is 11.3 Å². The first kappa shape index (κ1) is 16.2. The molecule has 0 aliphatic rings. The van der Waals surface area contributed by atoms with Gasteiger partial charge in [-0.3, -0.25) is 9.59 Å². The van der Waals surface area contributed by atoms with Gasteiger partial charge in [-0.25, -0.2) is 4.98 Å². The topological polar surface area (TPSA) is 68.9 Å². The van der Waals surface area contributed by atoms with Crippen LogP contribution in [-0.4, -0.2) is 26.6 Å². The lowest BCUT2D eigenvalue weighted by Crippen LogP contribution is -2.33. The number of carbonyl (C=O) groups is 1. The summed E-state index contributed by atoms with van der Waals surface area (Å²) in [7, 11) is 3.56. The number of nitrogens with one attached hydrogen (secondary N) is 1. The van der Waals surface area contributed by atoms with Crippen molar-refractivity contribution in [2.24, 2.45) is 14.1 Å². The van der Waals surface area contributed by atoms with Crippen molar-refractivity contribution < 1.29 is 4.79 Å². The van der Waals surface area contributed by atoms with Crippen molar-refractivity contribution >= 4 is 17.2 Å². The molecule has 0 radical (unpaired) electrons. The molecule has 0 bridgehead atoms. The van der Waals surface area contributed by atoms with Crippen molar-refractivity contribution in [2.45, 2.75) is 6.42 Å². The highest BCUT2D eigenvalue weighted by Crippen LogP contribution is 2.23. The summed E-state index contributed by atoms with van der Waals surface area (Å²) in [6.07, 6.45) is 4.20. The van der Waals surface area contributed by atoms with Crippen molar-refractivity contribution in [3.05, 3.63) is 63.8 Å². The van der Waals surface area contributed by atoms with Gasteiger partial charge in [0.05, 0.1) is 10.6 Å². The Balaban J connectivity index is 1.63. The van der Waals surface area contributed by atoms with Crippen LogP contribution in [0.15, 0.2) is 46.8 Å². The number of pyridine rings is 1. The highest BCUT2D eigenvalue weighted by molar-refractivity contribution is 7.13. The molecule has 0 saturated carbocycles. The van der Waals surface area contributed by atoms with Crippen LogP contribution in [0.2, 0.25) is 0 Å². The van der Waals surface area contributed by atoms with Gasteiger partial charge < -0.3 is 14.5 Å². The molecular formula is C17H18N4O2S. The van der Waals surface area contributed by atoms with E-state index in [9.17, 15) is 9.59 Å². The molecule has 0 saturated heterocycles. The van der Waals surface area contributed by atoms with E-state index in [0.29, 0.717) is 13.0 Å². The van der Waals surface area contributed by atoms with Gasteiger partial charge in [0.1, 0.15) is 11.4 Å². The van der Waals surface area contributed by atoms with Crippen LogP contribution in [0.25, 0.3) is 10.6 Å². The third kappa shape index (κ3) is 3.30. The van der Waals surface area contributed by atoms with E-state index in [2.05, 4.69) is 10.3 Å². The fourth-order valence-corrected chi connectivity index (χ4v) is 3.11. The number of thiophene rings is 1. The van der Waals surface area contributed by atoms with Crippen LogP contribution < -0.4 is 10.9 Å². The van der Waals surface area contributed by atoms with E-state index in [1.807, 2.05) is 35.3 Å². The molecule has 3 rings (SSSR count). The normalized spacial score (nSPS) is 10.8. The van der Waals surface area contributed by atoms with Crippen LogP contribution in [0.4, 0.5) is 0 Å². The second kappa shape index (κ2) is 6.84. The monoisotopic (exact) mass is 342 g/mol. The van der Waals surface area contributed by atoms with Gasteiger partial charge in [-0.2, -0.15) is 0 Å². The summed E-state index contributed by atoms with van der Waals surface area (Å²) in [6, 6.07) is 7.24. The Morgan fingerprint density at radius 1 is 1.25 bits per heavy atom. The smallest absolute Gasteiger partial charge is 0.263 e. The third-order valence-electron chi connectivity index (χ3n) is 3.75. The zero-order valence-corrected chi connectivity index (χ0v) is 14.3. The molecular weight excluding hydrogens is 324 g/mol. The quantitative estimate of drug-likeness (QED) is 0.769. The van der Waals surface area contributed by atoms with E-state index in [0.717, 1.165) is 16.4 Å². The average Bonchev–Trinajstić information content (AvgIpc) is 3.20. The zero-order valence-electron chi connectivity index (χ0n) is 13.5. The summed E-state index contributed by atoms with van der Waals surface area (Å²) in [5.74, 6) is 0.531. The van der Waals surface area contributed by atoms with Crippen molar-refractivity contribution in [3.8, 4) is 10.6 Å². The van der Waals surface area contributed by atoms with Gasteiger partial charge in [-0.1, -0.05) is 6.07 Å². The SMILES string of the molecule is Cn1cc(-c2cccs2)nc1CCNC(=O)c1cccn(C)c1=O. The summed E-state index contributed by atoms with van der Waals surface area (Å²) in [5.41, 5.74) is 0.789. The lowest BCUT2D eigenvalue weighted by molar-refractivity contribution is 0.0952. The van der Waals surface area contributed by atoms with Gasteiger partial charge in [0, 0.05) is 39.5 Å². The Labute approximate surface area is 143 Å². The molecule has 1 amide bonds. The molecule has 0 aliphatic heterocycles. The number of hydrogen-bond donors (Lipinski definition) is 1. The number of hydrogen-bond acceptors (Lipinski definition) is 4. The molecule has 6 nitrogen and oxygen atoms in total. The summed E-state index contributed by atoms with van der Waals surface area (Å²) in [4.78, 5) is 29.8. The van der Waals surface area contributed by atoms with Crippen LogP contribution in [0, 0.1) is 0 Å². The van der Waals surface area contributed by atoms with E-state index >= 15 is 0 Å². The number of rotatable bonds is 5. The Morgan fingerprint density at radius 3 is 2.83 bits per heavy atom. The highest BCUT2D eigenvalue weighted by atomic mass is 32.1. The van der Waals surface area contributed by atoms with Crippen molar-refractivity contribution in [1.82, 2.24) is 19.4 Å². The maximum absolute atomic E-state index is 12.1. The first-order valence-corrected chi connectivity index (χ1v) is 8.44. The van der Waals surface area contributed by atoms with Crippen molar-refractivity contribution in [3.63, 3.8) is 0 Å². The second-order valence-electron chi connectivity index (χ2n) is 5.47. The summed E-state index contributed by atoms with van der Waals surface area (Å²) in [6.45, 7) is 0.422. The number of aryl methyl sites for hydroxylation is 2. The minimum absolute atomic E-state index is 0.152. The minimum atomic E-state index is -0.358. The Bertz CT molecular complexity index is 909. The van der Waals surface area contributed by atoms with E-state index in [-0.39, 0.29) is 17.0 Å². The molecule has 7 heteroatoms. The minimum Gasteiger partial charge on any atom is -0.351 e. The third-order valence-corrected chi connectivity index (χ3v) is 4.64. The first-order chi connectivity index (χ1) is 11.6. The van der Waals surface area contributed by atoms with E-state index in [4.69, 9.17) is 0 Å². The molecule has 0 atom stereocenters. The lowest BCUT2D eigenvalue weighted by Gasteiger charge is -2.06. The Kier molecular flexibility index (Phi) is 4.61. The number of aromatic nitrogens is 3. The molecule has 0 unspecified atom stereocenters. The van der Waals surface area contributed by atoms with Crippen LogP contribution in [0.1, 0.15) is 16.2 Å². The van der Waals surface area contributed by atoms with Gasteiger partial charge in [0.2, 0.25) is 0 Å². The summed E-state index contributed by atoms with van der Waals surface area (Å²) >= 11 is 1.64. The van der Waals surface area contributed by atoms with E-state index in [1.54, 1.807) is 30.6 Å². The molecule has 0 fully saturated rings. The fourth-order valence-electron chi connectivity index (χ4n) is 2.43. The molecule has 3 heterocycles. The van der Waals surface area contributed by atoms with Crippen molar-refractivity contribution in [1.29, 1.82) is 0 Å². The molecule has 124 valence electrons. The number of nitrogens with zero attached hydrogens (tertiary/aromatic N) is 3. The molecule has 0 aliphatic carbocycles. The van der Waals surface area contributed by atoms with E-state index in [1.165, 1.54) is 10.6 Å². The van der Waals surface area contributed by atoms with E-state index < -0.39 is 0 Å². The average molecular weight is 342 g/mol. The van der Waals surface area contributed by atoms with Crippen molar-refractivity contribution in [2.75, 3.05) is 6.54 Å². The molecule has 0 aromatic carbocycles. The number of carbonyl (C=O) groups excluding carboxylic acids is 1. The van der Waals surface area contributed by atoms with Gasteiger partial charge in [-0.05, 0) is 23.6 Å². The Hall–Kier alpha value is -2.67. The van der Waals surface area contributed by atoms with Crippen LogP contribution >= 0.6 is 11.3 Å². The molecule has 3 aromatic rings. The van der Waals surface area contributed by atoms with Crippen LogP contribution in [0.3, 0.4) is 0 Å². The highest BCUT2D eigenvalue weighted by Gasteiger charge is 2.12. The molecule has 1 N–H and O–H groups in total. The lowest BCUT2D eigenvalue weighted by atomic mass is 10.2. The van der Waals surface area contributed by atoms with Gasteiger partial charge >= 0.3 is 0 Å². The van der Waals surface area contributed by atoms with Gasteiger partial charge in [0.15, 0.2) is 0 Å². The standard InChI is InChI=1S/C17H18N4O2S/c1-20-9-3-5-12(17(20)23)16(22)18-8-7-15-19-13(11-21(15)2)14-6-4-10-24-14/h3-6,9-11H,7-8H2,1-2H3,(H,18,22). The van der Waals surface area contributed by atoms with Crippen LogP contribution in [-0.2, 0) is 20.5 Å². The maximum atomic E-state index is 12.1. The van der Waals surface area contributed by atoms with Crippen LogP contribution in [0.5, 0.6) is 0 Å². The maximum Gasteiger partial charge on any atom is 0.263 e. The predicted octanol–water partition coefficient (Wildman–Crippen LogP) is 1.82.